The Balaban J connectivity index is 1.63. The van der Waals surface area contributed by atoms with Crippen LogP contribution in [0.25, 0.3) is 0 Å². The van der Waals surface area contributed by atoms with Crippen LogP contribution in [0, 0.1) is 0 Å². The molecule has 3 rings (SSSR count). The second kappa shape index (κ2) is 6.37. The molecule has 1 aromatic carbocycles. The molecule has 1 aliphatic carbocycles. The largest absolute Gasteiger partial charge is 0.385 e. The first kappa shape index (κ1) is 14.9. The summed E-state index contributed by atoms with van der Waals surface area (Å²) in [6.45, 7) is 3.20. The van der Waals surface area contributed by atoms with Gasteiger partial charge in [0.25, 0.3) is 0 Å². The number of hydrogen-bond acceptors (Lipinski definition) is 3. The molecule has 1 fully saturated rings. The summed E-state index contributed by atoms with van der Waals surface area (Å²) in [6, 6.07) is 6.74. The van der Waals surface area contributed by atoms with E-state index in [0.29, 0.717) is 5.54 Å². The Morgan fingerprint density at radius 3 is 2.76 bits per heavy atom. The van der Waals surface area contributed by atoms with E-state index in [-0.39, 0.29) is 0 Å². The molecule has 0 unspecified atom stereocenters. The van der Waals surface area contributed by atoms with Crippen LogP contribution in [0.1, 0.15) is 43.2 Å². The number of benzene rings is 1. The van der Waals surface area contributed by atoms with Crippen molar-refractivity contribution in [3.63, 3.8) is 0 Å². The van der Waals surface area contributed by atoms with E-state index in [0.717, 1.165) is 19.6 Å². The van der Waals surface area contributed by atoms with Crippen LogP contribution < -0.4 is 10.6 Å². The Labute approximate surface area is 129 Å². The summed E-state index contributed by atoms with van der Waals surface area (Å²) < 4.78 is 0. The Hall–Kier alpha value is -1.06. The van der Waals surface area contributed by atoms with Gasteiger partial charge in [0.1, 0.15) is 0 Å². The number of rotatable bonds is 5. The zero-order valence-corrected chi connectivity index (χ0v) is 13.5. The second-order valence-corrected chi connectivity index (χ2v) is 6.91. The molecule has 3 heteroatoms. The molecule has 21 heavy (non-hydrogen) atoms. The standard InChI is InChI=1S/C18H29N3/c1-21(2)18(10-3-4-11-18)14-19-13-16-8-5-7-15-9-6-12-20-17(15)16/h5,7-8,19-20H,3-4,6,9-14H2,1-2H3. The number of anilines is 1. The first-order valence-electron chi connectivity index (χ1n) is 8.44. The molecule has 2 aliphatic rings. The van der Waals surface area contributed by atoms with Crippen LogP contribution in [0.2, 0.25) is 0 Å². The van der Waals surface area contributed by atoms with Gasteiger partial charge in [-0.25, -0.2) is 0 Å². The molecule has 0 aromatic heterocycles. The molecule has 1 aromatic rings. The van der Waals surface area contributed by atoms with Crippen molar-refractivity contribution in [1.82, 2.24) is 10.2 Å². The lowest BCUT2D eigenvalue weighted by Gasteiger charge is -2.36. The van der Waals surface area contributed by atoms with E-state index < -0.39 is 0 Å². The maximum absolute atomic E-state index is 3.73. The minimum absolute atomic E-state index is 0.377. The predicted octanol–water partition coefficient (Wildman–Crippen LogP) is 3.01. The van der Waals surface area contributed by atoms with Gasteiger partial charge in [0.05, 0.1) is 0 Å². The van der Waals surface area contributed by atoms with Gasteiger partial charge in [0.2, 0.25) is 0 Å². The van der Waals surface area contributed by atoms with Crippen molar-refractivity contribution < 1.29 is 0 Å². The first-order chi connectivity index (χ1) is 10.2. The summed E-state index contributed by atoms with van der Waals surface area (Å²) in [4.78, 5) is 2.44. The molecule has 0 atom stereocenters. The summed E-state index contributed by atoms with van der Waals surface area (Å²) in [5, 5.41) is 7.33. The smallest absolute Gasteiger partial charge is 0.0418 e. The average Bonchev–Trinajstić information content (AvgIpc) is 2.98. The average molecular weight is 287 g/mol. The van der Waals surface area contributed by atoms with Crippen molar-refractivity contribution in [1.29, 1.82) is 0 Å². The molecule has 2 N–H and O–H groups in total. The molecule has 3 nitrogen and oxygen atoms in total. The third-order valence-electron chi connectivity index (χ3n) is 5.41. The number of aryl methyl sites for hydroxylation is 1. The fourth-order valence-corrected chi connectivity index (χ4v) is 3.97. The molecule has 1 aliphatic heterocycles. The van der Waals surface area contributed by atoms with Crippen molar-refractivity contribution in [2.45, 2.75) is 50.6 Å². The fraction of sp³-hybridized carbons (Fsp3) is 0.667. The third kappa shape index (κ3) is 3.09. The highest BCUT2D eigenvalue weighted by Gasteiger charge is 2.35. The normalized spacial score (nSPS) is 20.3. The van der Waals surface area contributed by atoms with Gasteiger partial charge in [0, 0.05) is 30.9 Å². The predicted molar refractivity (Wildman–Crippen MR) is 89.8 cm³/mol. The lowest BCUT2D eigenvalue weighted by molar-refractivity contribution is 0.153. The summed E-state index contributed by atoms with van der Waals surface area (Å²) >= 11 is 0. The van der Waals surface area contributed by atoms with Crippen molar-refractivity contribution in [3.8, 4) is 0 Å². The Morgan fingerprint density at radius 2 is 2.00 bits per heavy atom. The van der Waals surface area contributed by atoms with Crippen LogP contribution in [0.3, 0.4) is 0 Å². The Morgan fingerprint density at radius 1 is 1.19 bits per heavy atom. The van der Waals surface area contributed by atoms with Gasteiger partial charge in [0.15, 0.2) is 0 Å². The SMILES string of the molecule is CN(C)C1(CNCc2cccc3c2NCCC3)CCCC1. The Bertz CT molecular complexity index is 475. The van der Waals surface area contributed by atoms with Crippen LogP contribution in [-0.2, 0) is 13.0 Å². The van der Waals surface area contributed by atoms with Crippen molar-refractivity contribution in [3.05, 3.63) is 29.3 Å². The van der Waals surface area contributed by atoms with E-state index in [2.05, 4.69) is 47.8 Å². The molecule has 1 saturated carbocycles. The van der Waals surface area contributed by atoms with Crippen LogP contribution in [0.15, 0.2) is 18.2 Å². The number of para-hydroxylation sites is 1. The summed E-state index contributed by atoms with van der Waals surface area (Å²) in [6.07, 6.45) is 7.89. The van der Waals surface area contributed by atoms with E-state index >= 15 is 0 Å². The molecule has 0 spiro atoms. The van der Waals surface area contributed by atoms with E-state index in [1.807, 2.05) is 0 Å². The minimum atomic E-state index is 0.377. The number of likely N-dealkylation sites (N-methyl/N-ethyl adjacent to an activating group) is 1. The van der Waals surface area contributed by atoms with E-state index in [4.69, 9.17) is 0 Å². The van der Waals surface area contributed by atoms with Crippen LogP contribution in [0.5, 0.6) is 0 Å². The summed E-state index contributed by atoms with van der Waals surface area (Å²) in [7, 11) is 4.47. The molecular formula is C18H29N3. The Kier molecular flexibility index (Phi) is 4.51. The molecule has 0 saturated heterocycles. The third-order valence-corrected chi connectivity index (χ3v) is 5.41. The minimum Gasteiger partial charge on any atom is -0.385 e. The van der Waals surface area contributed by atoms with Gasteiger partial charge in [-0.3, -0.25) is 0 Å². The van der Waals surface area contributed by atoms with Crippen molar-refractivity contribution in [2.24, 2.45) is 0 Å². The molecule has 116 valence electrons. The van der Waals surface area contributed by atoms with Gasteiger partial charge in [-0.2, -0.15) is 0 Å². The van der Waals surface area contributed by atoms with Gasteiger partial charge in [-0.05, 0) is 50.9 Å². The maximum Gasteiger partial charge on any atom is 0.0418 e. The topological polar surface area (TPSA) is 27.3 Å². The quantitative estimate of drug-likeness (QED) is 0.872. The van der Waals surface area contributed by atoms with E-state index in [9.17, 15) is 0 Å². The number of nitrogens with zero attached hydrogens (tertiary/aromatic N) is 1. The molecule has 0 radical (unpaired) electrons. The molecule has 0 amide bonds. The van der Waals surface area contributed by atoms with Gasteiger partial charge >= 0.3 is 0 Å². The zero-order chi connectivity index (χ0) is 14.7. The van der Waals surface area contributed by atoms with Crippen LogP contribution in [0.4, 0.5) is 5.69 Å². The number of nitrogens with one attached hydrogen (secondary N) is 2. The molecule has 1 heterocycles. The van der Waals surface area contributed by atoms with Crippen LogP contribution in [-0.4, -0.2) is 37.6 Å². The van der Waals surface area contributed by atoms with Gasteiger partial charge in [-0.15, -0.1) is 0 Å². The maximum atomic E-state index is 3.73. The van der Waals surface area contributed by atoms with Crippen molar-refractivity contribution in [2.75, 3.05) is 32.5 Å². The van der Waals surface area contributed by atoms with E-state index in [1.54, 1.807) is 0 Å². The number of hydrogen-bond donors (Lipinski definition) is 2. The number of fused-ring (bicyclic) bond motifs is 1. The van der Waals surface area contributed by atoms with Crippen molar-refractivity contribution >= 4 is 5.69 Å². The summed E-state index contributed by atoms with van der Waals surface area (Å²) in [5.74, 6) is 0. The highest BCUT2D eigenvalue weighted by atomic mass is 15.2. The monoisotopic (exact) mass is 287 g/mol. The molecule has 0 bridgehead atoms. The highest BCUT2D eigenvalue weighted by molar-refractivity contribution is 5.59. The summed E-state index contributed by atoms with van der Waals surface area (Å²) in [5.41, 5.74) is 4.69. The lowest BCUT2D eigenvalue weighted by atomic mass is 9.95. The molecular weight excluding hydrogens is 258 g/mol. The van der Waals surface area contributed by atoms with Gasteiger partial charge < -0.3 is 15.5 Å². The zero-order valence-electron chi connectivity index (χ0n) is 13.5. The van der Waals surface area contributed by atoms with Gasteiger partial charge in [-0.1, -0.05) is 31.0 Å². The second-order valence-electron chi connectivity index (χ2n) is 6.91. The highest BCUT2D eigenvalue weighted by Crippen LogP contribution is 2.33. The van der Waals surface area contributed by atoms with E-state index in [1.165, 1.54) is 55.3 Å². The lowest BCUT2D eigenvalue weighted by Crippen LogP contribution is -2.49. The first-order valence-corrected chi connectivity index (χ1v) is 8.44. The van der Waals surface area contributed by atoms with Crippen LogP contribution >= 0.6 is 0 Å². The fourth-order valence-electron chi connectivity index (χ4n) is 3.97.